The molecule has 1 amide bonds. The Balaban J connectivity index is 0.000000384. The summed E-state index contributed by atoms with van der Waals surface area (Å²) in [5.74, 6) is -0.240. The summed E-state index contributed by atoms with van der Waals surface area (Å²) in [5, 5.41) is 3.37. The van der Waals surface area contributed by atoms with Gasteiger partial charge in [-0.25, -0.2) is 18.8 Å². The number of halogens is 1. The number of hydrogen-bond donors (Lipinski definition) is 1. The summed E-state index contributed by atoms with van der Waals surface area (Å²) in [5.41, 5.74) is 0.0183. The first kappa shape index (κ1) is 31.2. The fourth-order valence-electron chi connectivity index (χ4n) is 3.09. The lowest BCUT2D eigenvalue weighted by Crippen LogP contribution is -2.49. The van der Waals surface area contributed by atoms with E-state index in [4.69, 9.17) is 14.2 Å². The van der Waals surface area contributed by atoms with Crippen LogP contribution in [-0.2, 0) is 18.9 Å². The molecule has 0 bridgehead atoms. The van der Waals surface area contributed by atoms with Gasteiger partial charge in [0.2, 0.25) is 0 Å². The fraction of sp³-hybridized carbons (Fsp3) is 0.654. The minimum Gasteiger partial charge on any atom is -0.444 e. The number of amides is 1. The second kappa shape index (κ2) is 12.4. The Hall–Kier alpha value is -2.88. The van der Waals surface area contributed by atoms with Crippen molar-refractivity contribution < 1.29 is 37.7 Å². The molecule has 1 atom stereocenters. The molecule has 1 fully saturated rings. The predicted octanol–water partition coefficient (Wildman–Crippen LogP) is 5.89. The van der Waals surface area contributed by atoms with Gasteiger partial charge in [-0.3, -0.25) is 0 Å². The van der Waals surface area contributed by atoms with E-state index in [-0.39, 0.29) is 18.0 Å². The first-order valence-corrected chi connectivity index (χ1v) is 11.9. The number of nitrogens with one attached hydrogen (secondary N) is 1. The number of rotatable bonds is 1. The molecule has 0 spiro atoms. The van der Waals surface area contributed by atoms with Gasteiger partial charge in [0.05, 0.1) is 6.04 Å². The van der Waals surface area contributed by atoms with Gasteiger partial charge >= 0.3 is 18.4 Å². The number of aryl methyl sites for hydroxylation is 1. The van der Waals surface area contributed by atoms with Crippen LogP contribution in [0.15, 0.2) is 18.2 Å². The SMILES string of the molecule is CC(C)(C)OC(=O)OC(=O)OC(C)(C)C.Cc1cc(F)ccc1C1CN(C(=O)OC(C)(C)C)CCN1. The molecule has 1 unspecified atom stereocenters. The molecule has 0 aromatic heterocycles. The third kappa shape index (κ3) is 12.7. The summed E-state index contributed by atoms with van der Waals surface area (Å²) in [4.78, 5) is 35.9. The lowest BCUT2D eigenvalue weighted by molar-refractivity contribution is -0.0294. The normalized spacial score (nSPS) is 16.3. The molecule has 1 heterocycles. The Morgan fingerprint density at radius 3 is 1.83 bits per heavy atom. The first-order valence-electron chi connectivity index (χ1n) is 11.9. The highest BCUT2D eigenvalue weighted by molar-refractivity contribution is 5.77. The highest BCUT2D eigenvalue weighted by atomic mass is 19.1. The van der Waals surface area contributed by atoms with E-state index in [0.717, 1.165) is 11.1 Å². The zero-order chi connectivity index (χ0) is 27.9. The highest BCUT2D eigenvalue weighted by Gasteiger charge is 2.29. The van der Waals surface area contributed by atoms with Crippen LogP contribution in [0.2, 0.25) is 0 Å². The van der Waals surface area contributed by atoms with E-state index in [2.05, 4.69) is 10.1 Å². The Morgan fingerprint density at radius 2 is 1.39 bits per heavy atom. The highest BCUT2D eigenvalue weighted by Crippen LogP contribution is 2.23. The van der Waals surface area contributed by atoms with Gasteiger partial charge in [0.15, 0.2) is 0 Å². The molecule has 1 aromatic rings. The first-order chi connectivity index (χ1) is 16.3. The van der Waals surface area contributed by atoms with Gasteiger partial charge in [0.25, 0.3) is 0 Å². The van der Waals surface area contributed by atoms with Crippen LogP contribution >= 0.6 is 0 Å². The van der Waals surface area contributed by atoms with E-state index in [1.807, 2.05) is 27.7 Å². The van der Waals surface area contributed by atoms with E-state index in [1.54, 1.807) is 52.5 Å². The zero-order valence-electron chi connectivity index (χ0n) is 23.1. The number of carbonyl (C=O) groups excluding carboxylic acids is 3. The third-order valence-electron chi connectivity index (χ3n) is 4.38. The van der Waals surface area contributed by atoms with Crippen LogP contribution in [0, 0.1) is 12.7 Å². The number of nitrogens with zero attached hydrogens (tertiary/aromatic N) is 1. The van der Waals surface area contributed by atoms with E-state index < -0.39 is 29.1 Å². The second-order valence-electron chi connectivity index (χ2n) is 11.5. The number of hydrogen-bond acceptors (Lipinski definition) is 8. The molecule has 1 aromatic carbocycles. The average Bonchev–Trinajstić information content (AvgIpc) is 2.64. The maximum absolute atomic E-state index is 13.2. The lowest BCUT2D eigenvalue weighted by atomic mass is 9.99. The Morgan fingerprint density at radius 1 is 0.889 bits per heavy atom. The van der Waals surface area contributed by atoms with Crippen LogP contribution in [-0.4, -0.2) is 59.7 Å². The van der Waals surface area contributed by atoms with Crippen LogP contribution in [0.4, 0.5) is 18.8 Å². The number of piperazine rings is 1. The van der Waals surface area contributed by atoms with Crippen molar-refractivity contribution in [1.82, 2.24) is 10.2 Å². The van der Waals surface area contributed by atoms with E-state index in [0.29, 0.717) is 19.6 Å². The summed E-state index contributed by atoms with van der Waals surface area (Å²) in [6.07, 6.45) is -2.41. The molecule has 1 saturated heterocycles. The van der Waals surface area contributed by atoms with Gasteiger partial charge < -0.3 is 29.2 Å². The zero-order valence-corrected chi connectivity index (χ0v) is 23.1. The van der Waals surface area contributed by atoms with Gasteiger partial charge in [-0.05, 0) is 92.5 Å². The molecule has 9 nitrogen and oxygen atoms in total. The standard InChI is InChI=1S/C16H23FN2O2.C10H18O5/c1-11-9-12(17)5-6-13(11)14-10-19(8-7-18-14)15(20)21-16(2,3)4;1-9(2,3)14-7(11)13-8(12)15-10(4,5)6/h5-6,9,14,18H,7-8,10H2,1-4H3;1-6H3. The predicted molar refractivity (Wildman–Crippen MR) is 133 cm³/mol. The smallest absolute Gasteiger partial charge is 0.444 e. The largest absolute Gasteiger partial charge is 0.519 e. The average molecular weight is 513 g/mol. The molecule has 2 rings (SSSR count). The van der Waals surface area contributed by atoms with Crippen molar-refractivity contribution in [3.63, 3.8) is 0 Å². The van der Waals surface area contributed by atoms with Crippen molar-refractivity contribution in [2.24, 2.45) is 0 Å². The third-order valence-corrected chi connectivity index (χ3v) is 4.38. The van der Waals surface area contributed by atoms with Gasteiger partial charge in [-0.15, -0.1) is 0 Å². The van der Waals surface area contributed by atoms with Crippen molar-refractivity contribution in [3.8, 4) is 0 Å². The van der Waals surface area contributed by atoms with Crippen molar-refractivity contribution in [2.75, 3.05) is 19.6 Å². The Bertz CT molecular complexity index is 888. The van der Waals surface area contributed by atoms with Gasteiger partial charge in [-0.1, -0.05) is 6.07 Å². The molecule has 0 aliphatic carbocycles. The van der Waals surface area contributed by atoms with E-state index in [1.165, 1.54) is 12.1 Å². The second-order valence-corrected chi connectivity index (χ2v) is 11.5. The van der Waals surface area contributed by atoms with Crippen LogP contribution in [0.3, 0.4) is 0 Å². The molecule has 1 aliphatic heterocycles. The van der Waals surface area contributed by atoms with E-state index >= 15 is 0 Å². The maximum Gasteiger partial charge on any atom is 0.519 e. The molecule has 1 aliphatic rings. The van der Waals surface area contributed by atoms with Crippen molar-refractivity contribution in [2.45, 2.75) is 92.1 Å². The number of ether oxygens (including phenoxy) is 4. The fourth-order valence-corrected chi connectivity index (χ4v) is 3.09. The summed E-state index contributed by atoms with van der Waals surface area (Å²) in [6, 6.07) is 4.76. The Labute approximate surface area is 213 Å². The maximum atomic E-state index is 13.2. The molecule has 204 valence electrons. The molecule has 1 N–H and O–H groups in total. The van der Waals surface area contributed by atoms with Crippen LogP contribution in [0.5, 0.6) is 0 Å². The molecule has 0 radical (unpaired) electrons. The van der Waals surface area contributed by atoms with Gasteiger partial charge in [-0.2, -0.15) is 0 Å². The topological polar surface area (TPSA) is 103 Å². The van der Waals surface area contributed by atoms with Crippen LogP contribution in [0.25, 0.3) is 0 Å². The lowest BCUT2D eigenvalue weighted by Gasteiger charge is -2.35. The molecule has 36 heavy (non-hydrogen) atoms. The van der Waals surface area contributed by atoms with Crippen LogP contribution < -0.4 is 5.32 Å². The summed E-state index contributed by atoms with van der Waals surface area (Å²) in [6.45, 7) is 19.3. The van der Waals surface area contributed by atoms with Gasteiger partial charge in [0.1, 0.15) is 22.6 Å². The summed E-state index contributed by atoms with van der Waals surface area (Å²) < 4.78 is 32.4. The Kier molecular flexibility index (Phi) is 10.7. The molecule has 10 heteroatoms. The number of carbonyl (C=O) groups is 3. The quantitative estimate of drug-likeness (QED) is 0.282. The number of benzene rings is 1. The van der Waals surface area contributed by atoms with E-state index in [9.17, 15) is 18.8 Å². The monoisotopic (exact) mass is 512 g/mol. The minimum absolute atomic E-state index is 0.00636. The summed E-state index contributed by atoms with van der Waals surface area (Å²) in [7, 11) is 0. The minimum atomic E-state index is -1.06. The summed E-state index contributed by atoms with van der Waals surface area (Å²) >= 11 is 0. The van der Waals surface area contributed by atoms with Crippen molar-refractivity contribution >= 4 is 18.4 Å². The molecular weight excluding hydrogens is 471 g/mol. The molecular formula is C26H41FN2O7. The van der Waals surface area contributed by atoms with Gasteiger partial charge in [0, 0.05) is 19.6 Å². The van der Waals surface area contributed by atoms with Crippen molar-refractivity contribution in [1.29, 1.82) is 0 Å². The van der Waals surface area contributed by atoms with Crippen LogP contribution in [0.1, 0.15) is 79.5 Å². The molecule has 0 saturated carbocycles. The van der Waals surface area contributed by atoms with Crippen molar-refractivity contribution in [3.05, 3.63) is 35.1 Å².